The summed E-state index contributed by atoms with van der Waals surface area (Å²) >= 11 is 6.20. The summed E-state index contributed by atoms with van der Waals surface area (Å²) in [6.07, 6.45) is 0. The molecule has 0 atom stereocenters. The number of fused-ring (bicyclic) bond motifs is 1. The molecule has 0 spiro atoms. The van der Waals surface area contributed by atoms with E-state index in [1.807, 2.05) is 24.3 Å². The minimum Gasteiger partial charge on any atom is -0.369 e. The van der Waals surface area contributed by atoms with E-state index in [4.69, 9.17) is 22.6 Å². The van der Waals surface area contributed by atoms with Crippen LogP contribution in [0.3, 0.4) is 0 Å². The highest BCUT2D eigenvalue weighted by molar-refractivity contribution is 6.32. The van der Waals surface area contributed by atoms with Crippen LogP contribution in [0.2, 0.25) is 5.02 Å². The fourth-order valence-electron chi connectivity index (χ4n) is 2.05. The summed E-state index contributed by atoms with van der Waals surface area (Å²) in [6.45, 7) is 0. The molecule has 5 heteroatoms. The molecule has 0 aliphatic heterocycles. The zero-order valence-electron chi connectivity index (χ0n) is 9.84. The van der Waals surface area contributed by atoms with Gasteiger partial charge in [-0.2, -0.15) is 5.26 Å². The molecule has 92 valence electrons. The SMILES string of the molecule is N#Cc1ccc(Cl)c(-n2c(N)nc3ccccc32)c1. The Morgan fingerprint density at radius 1 is 1.21 bits per heavy atom. The largest absolute Gasteiger partial charge is 0.369 e. The van der Waals surface area contributed by atoms with Crippen molar-refractivity contribution in [3.63, 3.8) is 0 Å². The number of imidazole rings is 1. The Hall–Kier alpha value is -2.51. The number of nitrogen functional groups attached to an aromatic ring is 1. The van der Waals surface area contributed by atoms with E-state index in [9.17, 15) is 0 Å². The molecule has 1 aromatic heterocycles. The fraction of sp³-hybridized carbons (Fsp3) is 0. The van der Waals surface area contributed by atoms with E-state index >= 15 is 0 Å². The predicted molar refractivity (Wildman–Crippen MR) is 75.2 cm³/mol. The van der Waals surface area contributed by atoms with Gasteiger partial charge in [0.15, 0.2) is 0 Å². The fourth-order valence-corrected chi connectivity index (χ4v) is 2.25. The van der Waals surface area contributed by atoms with Crippen molar-refractivity contribution in [2.45, 2.75) is 0 Å². The van der Waals surface area contributed by atoms with Crippen LogP contribution in [-0.2, 0) is 0 Å². The number of nitrogens with two attached hydrogens (primary N) is 1. The Morgan fingerprint density at radius 2 is 2.00 bits per heavy atom. The lowest BCUT2D eigenvalue weighted by Crippen LogP contribution is -2.01. The highest BCUT2D eigenvalue weighted by Gasteiger charge is 2.12. The van der Waals surface area contributed by atoms with Crippen LogP contribution in [0.15, 0.2) is 42.5 Å². The maximum atomic E-state index is 8.98. The number of benzene rings is 2. The van der Waals surface area contributed by atoms with Crippen LogP contribution >= 0.6 is 11.6 Å². The normalized spacial score (nSPS) is 10.5. The third kappa shape index (κ3) is 1.81. The van der Waals surface area contributed by atoms with Crippen molar-refractivity contribution in [3.8, 4) is 11.8 Å². The maximum Gasteiger partial charge on any atom is 0.205 e. The Morgan fingerprint density at radius 3 is 2.79 bits per heavy atom. The molecule has 0 bridgehead atoms. The molecule has 3 aromatic rings. The van der Waals surface area contributed by atoms with Gasteiger partial charge in [-0.15, -0.1) is 0 Å². The number of halogens is 1. The molecule has 0 aliphatic carbocycles. The molecule has 2 N–H and O–H groups in total. The lowest BCUT2D eigenvalue weighted by atomic mass is 10.2. The summed E-state index contributed by atoms with van der Waals surface area (Å²) in [7, 11) is 0. The lowest BCUT2D eigenvalue weighted by Gasteiger charge is -2.09. The molecule has 0 radical (unpaired) electrons. The molecule has 1 heterocycles. The molecule has 0 fully saturated rings. The molecule has 0 amide bonds. The van der Waals surface area contributed by atoms with Gasteiger partial charge in [-0.1, -0.05) is 23.7 Å². The Kier molecular flexibility index (Phi) is 2.62. The second kappa shape index (κ2) is 4.30. The van der Waals surface area contributed by atoms with Crippen molar-refractivity contribution >= 4 is 28.6 Å². The minimum atomic E-state index is 0.346. The molecule has 0 saturated carbocycles. The van der Waals surface area contributed by atoms with Gasteiger partial charge in [0.05, 0.1) is 33.4 Å². The molecule has 2 aromatic carbocycles. The van der Waals surface area contributed by atoms with Crippen molar-refractivity contribution in [3.05, 3.63) is 53.1 Å². The summed E-state index contributed by atoms with van der Waals surface area (Å²) in [5.74, 6) is 0.346. The van der Waals surface area contributed by atoms with Crippen molar-refractivity contribution in [1.82, 2.24) is 9.55 Å². The van der Waals surface area contributed by atoms with E-state index in [1.54, 1.807) is 22.8 Å². The van der Waals surface area contributed by atoms with E-state index in [0.717, 1.165) is 11.0 Å². The van der Waals surface area contributed by atoms with Crippen LogP contribution in [0.25, 0.3) is 16.7 Å². The third-order valence-corrected chi connectivity index (χ3v) is 3.22. The molecule has 3 rings (SSSR count). The quantitative estimate of drug-likeness (QED) is 0.737. The van der Waals surface area contributed by atoms with Gasteiger partial charge >= 0.3 is 0 Å². The molecule has 0 unspecified atom stereocenters. The van der Waals surface area contributed by atoms with Crippen LogP contribution in [0.5, 0.6) is 0 Å². The summed E-state index contributed by atoms with van der Waals surface area (Å²) < 4.78 is 1.75. The second-order valence-corrected chi connectivity index (χ2v) is 4.48. The number of nitriles is 1. The number of hydrogen-bond donors (Lipinski definition) is 1. The van der Waals surface area contributed by atoms with Gasteiger partial charge in [-0.05, 0) is 30.3 Å². The van der Waals surface area contributed by atoms with Crippen LogP contribution in [0, 0.1) is 11.3 Å². The van der Waals surface area contributed by atoms with E-state index in [2.05, 4.69) is 11.1 Å². The first-order valence-corrected chi connectivity index (χ1v) is 6.01. The smallest absolute Gasteiger partial charge is 0.205 e. The highest BCUT2D eigenvalue weighted by Crippen LogP contribution is 2.28. The number of hydrogen-bond acceptors (Lipinski definition) is 3. The van der Waals surface area contributed by atoms with Crippen LogP contribution < -0.4 is 5.73 Å². The van der Waals surface area contributed by atoms with E-state index in [0.29, 0.717) is 22.2 Å². The molecule has 0 saturated heterocycles. The van der Waals surface area contributed by atoms with Crippen LogP contribution in [0.1, 0.15) is 5.56 Å². The third-order valence-electron chi connectivity index (χ3n) is 2.90. The predicted octanol–water partition coefficient (Wildman–Crippen LogP) is 3.13. The van der Waals surface area contributed by atoms with Crippen molar-refractivity contribution in [2.24, 2.45) is 0 Å². The second-order valence-electron chi connectivity index (χ2n) is 4.07. The Labute approximate surface area is 114 Å². The van der Waals surface area contributed by atoms with Crippen molar-refractivity contribution in [1.29, 1.82) is 5.26 Å². The maximum absolute atomic E-state index is 8.98. The summed E-state index contributed by atoms with van der Waals surface area (Å²) in [6, 6.07) is 14.7. The topological polar surface area (TPSA) is 67.6 Å². The molecular formula is C14H9ClN4. The number of nitrogens with zero attached hydrogens (tertiary/aromatic N) is 3. The summed E-state index contributed by atoms with van der Waals surface area (Å²) in [4.78, 5) is 4.29. The van der Waals surface area contributed by atoms with Gasteiger partial charge in [-0.3, -0.25) is 4.57 Å². The van der Waals surface area contributed by atoms with Gasteiger partial charge in [-0.25, -0.2) is 4.98 Å². The lowest BCUT2D eigenvalue weighted by molar-refractivity contribution is 1.11. The van der Waals surface area contributed by atoms with E-state index < -0.39 is 0 Å². The minimum absolute atomic E-state index is 0.346. The summed E-state index contributed by atoms with van der Waals surface area (Å²) in [5.41, 5.74) is 8.79. The van der Waals surface area contributed by atoms with Crippen LogP contribution in [-0.4, -0.2) is 9.55 Å². The monoisotopic (exact) mass is 268 g/mol. The first-order valence-electron chi connectivity index (χ1n) is 5.63. The zero-order chi connectivity index (χ0) is 13.4. The van der Waals surface area contributed by atoms with Gasteiger partial charge in [0.2, 0.25) is 5.95 Å². The number of aromatic nitrogens is 2. The Balaban J connectivity index is 2.36. The van der Waals surface area contributed by atoms with E-state index in [-0.39, 0.29) is 0 Å². The number of anilines is 1. The molecule has 0 aliphatic rings. The van der Waals surface area contributed by atoms with Crippen LogP contribution in [0.4, 0.5) is 5.95 Å². The average molecular weight is 269 g/mol. The zero-order valence-corrected chi connectivity index (χ0v) is 10.6. The summed E-state index contributed by atoms with van der Waals surface area (Å²) in [5, 5.41) is 9.51. The van der Waals surface area contributed by atoms with Crippen molar-refractivity contribution in [2.75, 3.05) is 5.73 Å². The average Bonchev–Trinajstić information content (AvgIpc) is 2.75. The van der Waals surface area contributed by atoms with Crippen molar-refractivity contribution < 1.29 is 0 Å². The van der Waals surface area contributed by atoms with Gasteiger partial charge in [0, 0.05) is 0 Å². The number of para-hydroxylation sites is 2. The van der Waals surface area contributed by atoms with Gasteiger partial charge in [0.25, 0.3) is 0 Å². The highest BCUT2D eigenvalue weighted by atomic mass is 35.5. The van der Waals surface area contributed by atoms with Gasteiger partial charge in [0.1, 0.15) is 0 Å². The molecular weight excluding hydrogens is 260 g/mol. The van der Waals surface area contributed by atoms with Gasteiger partial charge < -0.3 is 5.73 Å². The van der Waals surface area contributed by atoms with E-state index in [1.165, 1.54) is 0 Å². The Bertz CT molecular complexity index is 814. The number of rotatable bonds is 1. The molecule has 4 nitrogen and oxygen atoms in total. The standard InChI is InChI=1S/C14H9ClN4/c15-10-6-5-9(8-16)7-13(10)19-12-4-2-1-3-11(12)18-14(19)17/h1-7H,(H2,17,18). The first-order chi connectivity index (χ1) is 9.20. The first kappa shape index (κ1) is 11.6. The molecule has 19 heavy (non-hydrogen) atoms.